The second kappa shape index (κ2) is 9.07. The molecule has 2 amide bonds. The summed E-state index contributed by atoms with van der Waals surface area (Å²) in [4.78, 5) is 20.5. The van der Waals surface area contributed by atoms with Crippen molar-refractivity contribution in [3.63, 3.8) is 0 Å². The first kappa shape index (κ1) is 18.8. The second-order valence-electron chi connectivity index (χ2n) is 6.26. The number of benzene rings is 1. The van der Waals surface area contributed by atoms with Crippen molar-refractivity contribution < 1.29 is 19.0 Å². The van der Waals surface area contributed by atoms with Gasteiger partial charge in [0.15, 0.2) is 0 Å². The molecular weight excluding hydrogens is 348 g/mol. The van der Waals surface area contributed by atoms with E-state index in [0.29, 0.717) is 23.2 Å². The molecular formula is C19H24N4O4. The van der Waals surface area contributed by atoms with Crippen molar-refractivity contribution in [3.05, 3.63) is 36.7 Å². The number of hydrogen-bond acceptors (Lipinski definition) is 6. The minimum Gasteiger partial charge on any atom is -0.495 e. The summed E-state index contributed by atoms with van der Waals surface area (Å²) in [7, 11) is 3.11. The summed E-state index contributed by atoms with van der Waals surface area (Å²) in [6.07, 6.45) is 6.46. The molecule has 2 N–H and O–H groups in total. The van der Waals surface area contributed by atoms with Crippen LogP contribution in [0.5, 0.6) is 17.5 Å². The monoisotopic (exact) mass is 372 g/mol. The van der Waals surface area contributed by atoms with E-state index in [1.807, 2.05) is 12.1 Å². The first-order valence-corrected chi connectivity index (χ1v) is 8.91. The van der Waals surface area contributed by atoms with Crippen LogP contribution in [0.3, 0.4) is 0 Å². The number of nitrogens with one attached hydrogen (secondary N) is 2. The minimum atomic E-state index is -0.237. The van der Waals surface area contributed by atoms with Crippen LogP contribution in [0.15, 0.2) is 36.7 Å². The number of carbonyl (C=O) groups excluding carboxylic acids is 1. The van der Waals surface area contributed by atoms with Gasteiger partial charge in [-0.15, -0.1) is 0 Å². The van der Waals surface area contributed by atoms with E-state index in [1.54, 1.807) is 31.6 Å². The summed E-state index contributed by atoms with van der Waals surface area (Å²) in [6.45, 7) is 0. The average Bonchev–Trinajstić information content (AvgIpc) is 2.70. The molecule has 0 bridgehead atoms. The van der Waals surface area contributed by atoms with E-state index in [4.69, 9.17) is 14.2 Å². The van der Waals surface area contributed by atoms with Gasteiger partial charge in [0.1, 0.15) is 11.9 Å². The maximum Gasteiger partial charge on any atom is 0.319 e. The third-order valence-corrected chi connectivity index (χ3v) is 4.47. The van der Waals surface area contributed by atoms with Crippen molar-refractivity contribution in [2.45, 2.75) is 37.8 Å². The number of rotatable bonds is 6. The maximum absolute atomic E-state index is 12.3. The Bertz CT molecular complexity index is 763. The lowest BCUT2D eigenvalue weighted by atomic mass is 9.93. The standard InChI is InChI=1S/C19H24N4O4/c1-25-16-6-4-3-5-15(16)23-19(24)22-13-7-9-14(10-8-13)27-18-17(26-2)20-11-12-21-18/h3-6,11-14H,7-10H2,1-2H3,(H2,22,23,24). The smallest absolute Gasteiger partial charge is 0.319 e. The molecule has 0 spiro atoms. The molecule has 1 heterocycles. The second-order valence-corrected chi connectivity index (χ2v) is 6.26. The molecule has 1 aromatic heterocycles. The van der Waals surface area contributed by atoms with Gasteiger partial charge in [0.05, 0.1) is 19.9 Å². The van der Waals surface area contributed by atoms with Crippen LogP contribution in [0.25, 0.3) is 0 Å². The van der Waals surface area contributed by atoms with E-state index in [9.17, 15) is 4.79 Å². The highest BCUT2D eigenvalue weighted by molar-refractivity contribution is 5.91. The van der Waals surface area contributed by atoms with Gasteiger partial charge in [-0.1, -0.05) is 12.1 Å². The summed E-state index contributed by atoms with van der Waals surface area (Å²) < 4.78 is 16.3. The lowest BCUT2D eigenvalue weighted by Crippen LogP contribution is -2.41. The van der Waals surface area contributed by atoms with Gasteiger partial charge < -0.3 is 24.8 Å². The van der Waals surface area contributed by atoms with Crippen LogP contribution in [0.2, 0.25) is 0 Å². The molecule has 1 fully saturated rings. The molecule has 1 aliphatic rings. The molecule has 8 heteroatoms. The van der Waals surface area contributed by atoms with E-state index in [0.717, 1.165) is 25.7 Å². The Hall–Kier alpha value is -3.03. The summed E-state index contributed by atoms with van der Waals surface area (Å²) in [5, 5.41) is 5.85. The Morgan fingerprint density at radius 2 is 1.70 bits per heavy atom. The van der Waals surface area contributed by atoms with E-state index in [-0.39, 0.29) is 18.2 Å². The number of methoxy groups -OCH3 is 2. The Labute approximate surface area is 158 Å². The Balaban J connectivity index is 1.47. The summed E-state index contributed by atoms with van der Waals surface area (Å²) in [6, 6.07) is 7.18. The molecule has 2 aromatic rings. The zero-order valence-electron chi connectivity index (χ0n) is 15.5. The molecule has 0 aliphatic heterocycles. The summed E-state index contributed by atoms with van der Waals surface area (Å²) in [5.74, 6) is 1.42. The van der Waals surface area contributed by atoms with Crippen molar-refractivity contribution in [2.24, 2.45) is 0 Å². The summed E-state index contributed by atoms with van der Waals surface area (Å²) >= 11 is 0. The predicted molar refractivity (Wildman–Crippen MR) is 100 cm³/mol. The van der Waals surface area contributed by atoms with Crippen LogP contribution in [0, 0.1) is 0 Å². The Kier molecular flexibility index (Phi) is 6.30. The molecule has 0 saturated heterocycles. The number of carbonyl (C=O) groups is 1. The third-order valence-electron chi connectivity index (χ3n) is 4.47. The number of aromatic nitrogens is 2. The molecule has 0 unspecified atom stereocenters. The lowest BCUT2D eigenvalue weighted by molar-refractivity contribution is 0.129. The van der Waals surface area contributed by atoms with Crippen LogP contribution >= 0.6 is 0 Å². The highest BCUT2D eigenvalue weighted by atomic mass is 16.5. The van der Waals surface area contributed by atoms with E-state index >= 15 is 0 Å². The van der Waals surface area contributed by atoms with Gasteiger partial charge in [-0.25, -0.2) is 14.8 Å². The van der Waals surface area contributed by atoms with E-state index in [2.05, 4.69) is 20.6 Å². The number of hydrogen-bond donors (Lipinski definition) is 2. The summed E-state index contributed by atoms with van der Waals surface area (Å²) in [5.41, 5.74) is 0.643. The number of amides is 2. The van der Waals surface area contributed by atoms with Crippen LogP contribution < -0.4 is 24.8 Å². The highest BCUT2D eigenvalue weighted by Crippen LogP contribution is 2.27. The third kappa shape index (κ3) is 4.99. The van der Waals surface area contributed by atoms with Crippen LogP contribution in [-0.4, -0.2) is 42.4 Å². The normalized spacial score (nSPS) is 19.0. The maximum atomic E-state index is 12.3. The number of anilines is 1. The molecule has 27 heavy (non-hydrogen) atoms. The fourth-order valence-corrected chi connectivity index (χ4v) is 3.11. The van der Waals surface area contributed by atoms with Gasteiger partial charge in [0.2, 0.25) is 0 Å². The van der Waals surface area contributed by atoms with Crippen LogP contribution in [0.1, 0.15) is 25.7 Å². The van der Waals surface area contributed by atoms with Crippen molar-refractivity contribution >= 4 is 11.7 Å². The van der Waals surface area contributed by atoms with E-state index in [1.165, 1.54) is 7.11 Å². The lowest BCUT2D eigenvalue weighted by Gasteiger charge is -2.29. The molecule has 0 atom stereocenters. The number of nitrogens with zero attached hydrogens (tertiary/aromatic N) is 2. The SMILES string of the molecule is COc1ccccc1NC(=O)NC1CCC(Oc2nccnc2OC)CC1. The first-order chi connectivity index (χ1) is 13.2. The van der Waals surface area contributed by atoms with Gasteiger partial charge in [0, 0.05) is 18.4 Å². The molecule has 1 aromatic carbocycles. The van der Waals surface area contributed by atoms with Gasteiger partial charge in [-0.3, -0.25) is 0 Å². The van der Waals surface area contributed by atoms with Crippen molar-refractivity contribution in [1.82, 2.24) is 15.3 Å². The highest BCUT2D eigenvalue weighted by Gasteiger charge is 2.25. The Morgan fingerprint density at radius 3 is 2.41 bits per heavy atom. The Morgan fingerprint density at radius 1 is 1.00 bits per heavy atom. The zero-order chi connectivity index (χ0) is 19.1. The van der Waals surface area contributed by atoms with Crippen molar-refractivity contribution in [3.8, 4) is 17.5 Å². The topological polar surface area (TPSA) is 94.6 Å². The predicted octanol–water partition coefficient (Wildman–Crippen LogP) is 3.01. The van der Waals surface area contributed by atoms with Gasteiger partial charge in [0.25, 0.3) is 11.8 Å². The zero-order valence-corrected chi connectivity index (χ0v) is 15.5. The molecule has 3 rings (SSSR count). The largest absolute Gasteiger partial charge is 0.495 e. The van der Waals surface area contributed by atoms with Crippen LogP contribution in [-0.2, 0) is 0 Å². The molecule has 144 valence electrons. The molecule has 0 radical (unpaired) electrons. The molecule has 1 aliphatic carbocycles. The minimum absolute atomic E-state index is 0.0333. The van der Waals surface area contributed by atoms with Crippen molar-refractivity contribution in [1.29, 1.82) is 0 Å². The van der Waals surface area contributed by atoms with Gasteiger partial charge in [-0.2, -0.15) is 0 Å². The average molecular weight is 372 g/mol. The fraction of sp³-hybridized carbons (Fsp3) is 0.421. The van der Waals surface area contributed by atoms with Gasteiger partial charge in [-0.05, 0) is 37.8 Å². The number of ether oxygens (including phenoxy) is 3. The fourth-order valence-electron chi connectivity index (χ4n) is 3.11. The van der Waals surface area contributed by atoms with Crippen LogP contribution in [0.4, 0.5) is 10.5 Å². The molecule has 8 nitrogen and oxygen atoms in total. The first-order valence-electron chi connectivity index (χ1n) is 8.91. The number of para-hydroxylation sites is 2. The number of urea groups is 1. The molecule has 1 saturated carbocycles. The van der Waals surface area contributed by atoms with Gasteiger partial charge >= 0.3 is 6.03 Å². The van der Waals surface area contributed by atoms with E-state index < -0.39 is 0 Å². The van der Waals surface area contributed by atoms with Crippen molar-refractivity contribution in [2.75, 3.05) is 19.5 Å². The quantitative estimate of drug-likeness (QED) is 0.809.